The summed E-state index contributed by atoms with van der Waals surface area (Å²) in [6, 6.07) is 3.45. The van der Waals surface area contributed by atoms with Crippen molar-refractivity contribution in [1.82, 2.24) is 4.98 Å². The molecule has 0 fully saturated rings. The van der Waals surface area contributed by atoms with Gasteiger partial charge in [-0.15, -0.1) is 0 Å². The van der Waals surface area contributed by atoms with Crippen LogP contribution >= 0.6 is 0 Å². The molecule has 0 saturated heterocycles. The number of ether oxygens (including phenoxy) is 1. The van der Waals surface area contributed by atoms with Crippen LogP contribution in [0.1, 0.15) is 23.0 Å². The van der Waals surface area contributed by atoms with E-state index in [0.717, 1.165) is 5.56 Å². The van der Waals surface area contributed by atoms with Gasteiger partial charge in [-0.1, -0.05) is 0 Å². The summed E-state index contributed by atoms with van der Waals surface area (Å²) in [6.45, 7) is 3.37. The second kappa shape index (κ2) is 4.68. The maximum Gasteiger partial charge on any atom is 0.316 e. The average molecular weight is 207 g/mol. The van der Waals surface area contributed by atoms with Crippen molar-refractivity contribution in [2.45, 2.75) is 13.8 Å². The number of pyridine rings is 1. The van der Waals surface area contributed by atoms with Crippen LogP contribution in [0.4, 0.5) is 0 Å². The first-order valence-electron chi connectivity index (χ1n) is 4.61. The molecule has 0 aliphatic carbocycles. The number of methoxy groups -OCH3 is 1. The number of carbonyl (C=O) groups is 2. The van der Waals surface area contributed by atoms with Gasteiger partial charge in [0.05, 0.1) is 7.11 Å². The van der Waals surface area contributed by atoms with Crippen LogP contribution in [0.15, 0.2) is 18.3 Å². The molecule has 1 aromatic heterocycles. The molecule has 1 rings (SSSR count). The minimum absolute atomic E-state index is 0.299. The molecule has 80 valence electrons. The van der Waals surface area contributed by atoms with Crippen LogP contribution in [0.25, 0.3) is 0 Å². The van der Waals surface area contributed by atoms with Crippen molar-refractivity contribution in [2.24, 2.45) is 5.92 Å². The summed E-state index contributed by atoms with van der Waals surface area (Å²) in [5.74, 6) is -1.65. The van der Waals surface area contributed by atoms with Crippen LogP contribution in [0.5, 0.6) is 0 Å². The van der Waals surface area contributed by atoms with E-state index in [4.69, 9.17) is 0 Å². The van der Waals surface area contributed by atoms with Crippen molar-refractivity contribution in [3.8, 4) is 0 Å². The Morgan fingerprint density at radius 3 is 2.67 bits per heavy atom. The predicted octanol–water partition coefficient (Wildman–Crippen LogP) is 1.38. The molecular formula is C11H13NO3. The fourth-order valence-electron chi connectivity index (χ4n) is 1.18. The summed E-state index contributed by atoms with van der Waals surface area (Å²) in [4.78, 5) is 26.8. The smallest absolute Gasteiger partial charge is 0.316 e. The normalized spacial score (nSPS) is 11.9. The number of rotatable bonds is 3. The SMILES string of the molecule is COC(=O)C(C)C(=O)c1cc(C)ccn1. The second-order valence-electron chi connectivity index (χ2n) is 3.33. The summed E-state index contributed by atoms with van der Waals surface area (Å²) >= 11 is 0. The monoisotopic (exact) mass is 207 g/mol. The average Bonchev–Trinajstić information content (AvgIpc) is 2.26. The number of Topliss-reactive ketones (excluding diaryl/α,β-unsaturated/α-hetero) is 1. The zero-order chi connectivity index (χ0) is 11.4. The van der Waals surface area contributed by atoms with E-state index < -0.39 is 11.9 Å². The molecule has 4 heteroatoms. The second-order valence-corrected chi connectivity index (χ2v) is 3.33. The van der Waals surface area contributed by atoms with E-state index in [2.05, 4.69) is 9.72 Å². The topological polar surface area (TPSA) is 56.3 Å². The molecule has 1 aromatic rings. The number of nitrogens with zero attached hydrogens (tertiary/aromatic N) is 1. The fraction of sp³-hybridized carbons (Fsp3) is 0.364. The van der Waals surface area contributed by atoms with Crippen molar-refractivity contribution in [1.29, 1.82) is 0 Å². The Bertz CT molecular complexity index is 387. The molecule has 0 aliphatic rings. The molecule has 15 heavy (non-hydrogen) atoms. The fourth-order valence-corrected chi connectivity index (χ4v) is 1.18. The highest BCUT2D eigenvalue weighted by atomic mass is 16.5. The molecule has 1 atom stereocenters. The van der Waals surface area contributed by atoms with Gasteiger partial charge < -0.3 is 4.74 Å². The standard InChI is InChI=1S/C11H13NO3/c1-7-4-5-12-9(6-7)10(13)8(2)11(14)15-3/h4-6,8H,1-3H3. The first-order chi connectivity index (χ1) is 7.06. The highest BCUT2D eigenvalue weighted by molar-refractivity contribution is 6.07. The number of esters is 1. The van der Waals surface area contributed by atoms with Crippen LogP contribution in [-0.2, 0) is 9.53 Å². The van der Waals surface area contributed by atoms with Gasteiger partial charge in [-0.25, -0.2) is 0 Å². The molecule has 0 bridgehead atoms. The van der Waals surface area contributed by atoms with Crippen LogP contribution in [-0.4, -0.2) is 23.8 Å². The molecule has 0 aromatic carbocycles. The lowest BCUT2D eigenvalue weighted by atomic mass is 10.0. The highest BCUT2D eigenvalue weighted by Crippen LogP contribution is 2.09. The maximum atomic E-state index is 11.7. The van der Waals surface area contributed by atoms with Crippen LogP contribution in [0.3, 0.4) is 0 Å². The molecule has 0 saturated carbocycles. The zero-order valence-electron chi connectivity index (χ0n) is 8.98. The van der Waals surface area contributed by atoms with Crippen LogP contribution in [0, 0.1) is 12.8 Å². The maximum absolute atomic E-state index is 11.7. The zero-order valence-corrected chi connectivity index (χ0v) is 8.98. The lowest BCUT2D eigenvalue weighted by molar-refractivity contribution is -0.143. The van der Waals surface area contributed by atoms with Crippen molar-refractivity contribution in [2.75, 3.05) is 7.11 Å². The first-order valence-corrected chi connectivity index (χ1v) is 4.61. The van der Waals surface area contributed by atoms with E-state index in [-0.39, 0.29) is 5.78 Å². The van der Waals surface area contributed by atoms with Gasteiger partial charge in [-0.2, -0.15) is 0 Å². The van der Waals surface area contributed by atoms with Crippen molar-refractivity contribution < 1.29 is 14.3 Å². The number of hydrogen-bond acceptors (Lipinski definition) is 4. The third-order valence-corrected chi connectivity index (χ3v) is 2.12. The molecular weight excluding hydrogens is 194 g/mol. The molecule has 0 amide bonds. The van der Waals surface area contributed by atoms with E-state index >= 15 is 0 Å². The molecule has 1 heterocycles. The van der Waals surface area contributed by atoms with Gasteiger partial charge in [0, 0.05) is 6.20 Å². The molecule has 1 unspecified atom stereocenters. The van der Waals surface area contributed by atoms with Crippen LogP contribution in [0.2, 0.25) is 0 Å². The lowest BCUT2D eigenvalue weighted by Gasteiger charge is -2.07. The Hall–Kier alpha value is -1.71. The molecule has 0 spiro atoms. The minimum Gasteiger partial charge on any atom is -0.468 e. The van der Waals surface area contributed by atoms with Gasteiger partial charge in [-0.05, 0) is 31.5 Å². The Labute approximate surface area is 88.3 Å². The number of ketones is 1. The molecule has 4 nitrogen and oxygen atoms in total. The van der Waals surface area contributed by atoms with Crippen molar-refractivity contribution in [3.63, 3.8) is 0 Å². The van der Waals surface area contributed by atoms with Crippen LogP contribution < -0.4 is 0 Å². The van der Waals surface area contributed by atoms with Gasteiger partial charge >= 0.3 is 5.97 Å². The third-order valence-electron chi connectivity index (χ3n) is 2.12. The number of carbonyl (C=O) groups excluding carboxylic acids is 2. The molecule has 0 N–H and O–H groups in total. The summed E-state index contributed by atoms with van der Waals surface area (Å²) < 4.78 is 4.50. The van der Waals surface area contributed by atoms with Gasteiger partial charge in [0.1, 0.15) is 11.6 Å². The molecule has 0 aliphatic heterocycles. The highest BCUT2D eigenvalue weighted by Gasteiger charge is 2.24. The number of hydrogen-bond donors (Lipinski definition) is 0. The summed E-state index contributed by atoms with van der Waals surface area (Å²) in [6.07, 6.45) is 1.55. The van der Waals surface area contributed by atoms with Gasteiger partial charge in [-0.3, -0.25) is 14.6 Å². The summed E-state index contributed by atoms with van der Waals surface area (Å²) in [5, 5.41) is 0. The molecule has 0 radical (unpaired) electrons. The first kappa shape index (κ1) is 11.4. The van der Waals surface area contributed by atoms with E-state index in [1.165, 1.54) is 14.0 Å². The Morgan fingerprint density at radius 2 is 2.13 bits per heavy atom. The van der Waals surface area contributed by atoms with E-state index in [0.29, 0.717) is 5.69 Å². The lowest BCUT2D eigenvalue weighted by Crippen LogP contribution is -2.23. The third kappa shape index (κ3) is 2.62. The van der Waals surface area contributed by atoms with Gasteiger partial charge in [0.25, 0.3) is 0 Å². The van der Waals surface area contributed by atoms with Crippen molar-refractivity contribution in [3.05, 3.63) is 29.6 Å². The van der Waals surface area contributed by atoms with E-state index in [1.807, 2.05) is 6.92 Å². The Balaban J connectivity index is 2.90. The van der Waals surface area contributed by atoms with E-state index in [9.17, 15) is 9.59 Å². The van der Waals surface area contributed by atoms with Gasteiger partial charge in [0.15, 0.2) is 5.78 Å². The minimum atomic E-state index is -0.802. The largest absolute Gasteiger partial charge is 0.468 e. The number of aromatic nitrogens is 1. The summed E-state index contributed by atoms with van der Waals surface area (Å²) in [5.41, 5.74) is 1.23. The summed E-state index contributed by atoms with van der Waals surface area (Å²) in [7, 11) is 1.26. The predicted molar refractivity (Wildman–Crippen MR) is 54.5 cm³/mol. The Morgan fingerprint density at radius 1 is 1.47 bits per heavy atom. The van der Waals surface area contributed by atoms with Crippen molar-refractivity contribution >= 4 is 11.8 Å². The quantitative estimate of drug-likeness (QED) is 0.427. The number of aryl methyl sites for hydroxylation is 1. The van der Waals surface area contributed by atoms with Gasteiger partial charge in [0.2, 0.25) is 0 Å². The van der Waals surface area contributed by atoms with E-state index in [1.54, 1.807) is 18.3 Å². The Kier molecular flexibility index (Phi) is 3.55.